The number of carbonyl (C=O) groups excluding carboxylic acids is 2. The van der Waals surface area contributed by atoms with Crippen molar-refractivity contribution in [1.82, 2.24) is 34.1 Å². The Morgan fingerprint density at radius 1 is 1.09 bits per heavy atom. The Morgan fingerprint density at radius 3 is 2.70 bits per heavy atom. The molecular weight excluding hydrogens is 420 g/mol. The first-order chi connectivity index (χ1) is 16.1. The zero-order valence-electron chi connectivity index (χ0n) is 18.1. The van der Waals surface area contributed by atoms with Crippen LogP contribution in [0.2, 0.25) is 0 Å². The molecule has 0 bridgehead atoms. The zero-order chi connectivity index (χ0) is 22.6. The molecule has 33 heavy (non-hydrogen) atoms. The highest BCUT2D eigenvalue weighted by atomic mass is 16.2. The number of aromatic nitrogens is 5. The van der Waals surface area contributed by atoms with Crippen LogP contribution in [-0.4, -0.2) is 53.7 Å². The van der Waals surface area contributed by atoms with Crippen molar-refractivity contribution < 1.29 is 9.59 Å². The third kappa shape index (κ3) is 2.88. The molecule has 0 aromatic carbocycles. The molecule has 3 aliphatic rings. The summed E-state index contributed by atoms with van der Waals surface area (Å²) in [7, 11) is 0. The third-order valence-electron chi connectivity index (χ3n) is 7.49. The maximum absolute atomic E-state index is 13.3. The fourth-order valence-corrected chi connectivity index (χ4v) is 5.81. The van der Waals surface area contributed by atoms with E-state index in [1.807, 2.05) is 11.1 Å². The van der Waals surface area contributed by atoms with Gasteiger partial charge in [0.1, 0.15) is 16.9 Å². The number of imidazole rings is 2. The quantitative estimate of drug-likeness (QED) is 0.658. The SMILES string of the molecule is N#CC1(C(=O)N2CC3(CC(NC(=O)c4cnc5ncccn45)c4nccn43)C2)CCCCC1. The minimum atomic E-state index is -0.874. The second-order valence-electron chi connectivity index (χ2n) is 9.46. The van der Waals surface area contributed by atoms with Gasteiger partial charge in [-0.05, 0) is 18.9 Å². The molecule has 1 spiro atoms. The summed E-state index contributed by atoms with van der Waals surface area (Å²) in [5.41, 5.74) is -0.761. The van der Waals surface area contributed by atoms with Gasteiger partial charge in [0.2, 0.25) is 11.7 Å². The molecule has 1 aliphatic carbocycles. The summed E-state index contributed by atoms with van der Waals surface area (Å²) in [6.45, 7) is 1.06. The van der Waals surface area contributed by atoms with Gasteiger partial charge in [-0.3, -0.25) is 14.0 Å². The number of carbonyl (C=O) groups is 2. The Labute approximate surface area is 190 Å². The second-order valence-corrected chi connectivity index (χ2v) is 9.46. The standard InChI is InChI=1S/C23H24N8O2/c24-13-22(5-2-1-3-6-22)20(33)29-14-23(15-29)11-16(18-25-8-10-31(18)23)28-19(32)17-12-27-21-26-7-4-9-30(17)21/h4,7-10,12,16H,1-3,5-6,11,14-15H2,(H,28,32). The van der Waals surface area contributed by atoms with Gasteiger partial charge in [-0.2, -0.15) is 5.26 Å². The number of fused-ring (bicyclic) bond motifs is 3. The summed E-state index contributed by atoms with van der Waals surface area (Å²) in [5, 5.41) is 12.9. The number of rotatable bonds is 3. The fraction of sp³-hybridized carbons (Fsp3) is 0.478. The first-order valence-electron chi connectivity index (χ1n) is 11.4. The van der Waals surface area contributed by atoms with Gasteiger partial charge in [0.15, 0.2) is 0 Å². The van der Waals surface area contributed by atoms with E-state index in [1.165, 1.54) is 6.20 Å². The highest BCUT2D eigenvalue weighted by molar-refractivity contribution is 5.93. The Balaban J connectivity index is 1.20. The molecule has 3 aromatic rings. The molecule has 1 saturated heterocycles. The molecule has 1 N–H and O–H groups in total. The van der Waals surface area contributed by atoms with Crippen molar-refractivity contribution in [3.05, 3.63) is 48.6 Å². The van der Waals surface area contributed by atoms with E-state index in [0.29, 0.717) is 43.8 Å². The molecule has 2 aliphatic heterocycles. The average molecular weight is 444 g/mol. The van der Waals surface area contributed by atoms with Gasteiger partial charge in [-0.15, -0.1) is 0 Å². The molecule has 1 saturated carbocycles. The topological polar surface area (TPSA) is 121 Å². The van der Waals surface area contributed by atoms with E-state index in [9.17, 15) is 14.9 Å². The molecule has 5 heterocycles. The van der Waals surface area contributed by atoms with Crippen molar-refractivity contribution in [1.29, 1.82) is 5.26 Å². The van der Waals surface area contributed by atoms with Crippen molar-refractivity contribution in [2.24, 2.45) is 5.41 Å². The van der Waals surface area contributed by atoms with Crippen LogP contribution in [0.1, 0.15) is 60.9 Å². The van der Waals surface area contributed by atoms with Crippen molar-refractivity contribution in [2.75, 3.05) is 13.1 Å². The average Bonchev–Trinajstić information content (AvgIpc) is 3.53. The maximum Gasteiger partial charge on any atom is 0.270 e. The Hall–Kier alpha value is -3.74. The summed E-state index contributed by atoms with van der Waals surface area (Å²) in [5.74, 6) is 0.970. The lowest BCUT2D eigenvalue weighted by Crippen LogP contribution is -2.65. The van der Waals surface area contributed by atoms with E-state index in [2.05, 4.69) is 30.9 Å². The minimum Gasteiger partial charge on any atom is -0.341 e. The predicted molar refractivity (Wildman–Crippen MR) is 116 cm³/mol. The summed E-state index contributed by atoms with van der Waals surface area (Å²) < 4.78 is 3.75. The van der Waals surface area contributed by atoms with Crippen LogP contribution >= 0.6 is 0 Å². The molecule has 10 heteroatoms. The zero-order valence-corrected chi connectivity index (χ0v) is 18.1. The lowest BCUT2D eigenvalue weighted by atomic mass is 9.72. The molecule has 0 radical (unpaired) electrons. The summed E-state index contributed by atoms with van der Waals surface area (Å²) in [6, 6.07) is 3.83. The van der Waals surface area contributed by atoms with E-state index in [1.54, 1.807) is 29.1 Å². The highest BCUT2D eigenvalue weighted by Gasteiger charge is 2.56. The molecule has 1 unspecified atom stereocenters. The molecule has 10 nitrogen and oxygen atoms in total. The van der Waals surface area contributed by atoms with Gasteiger partial charge >= 0.3 is 0 Å². The molecule has 2 amide bonds. The van der Waals surface area contributed by atoms with E-state index in [4.69, 9.17) is 0 Å². The van der Waals surface area contributed by atoms with Crippen LogP contribution in [0.5, 0.6) is 0 Å². The second kappa shape index (κ2) is 7.13. The molecule has 168 valence electrons. The van der Waals surface area contributed by atoms with Crippen LogP contribution in [-0.2, 0) is 10.3 Å². The van der Waals surface area contributed by atoms with E-state index < -0.39 is 5.41 Å². The van der Waals surface area contributed by atoms with Gasteiger partial charge in [0.05, 0.1) is 23.8 Å². The van der Waals surface area contributed by atoms with Gasteiger partial charge in [0, 0.05) is 44.3 Å². The number of nitrogens with one attached hydrogen (secondary N) is 1. The van der Waals surface area contributed by atoms with Gasteiger partial charge < -0.3 is 14.8 Å². The number of amides is 2. The van der Waals surface area contributed by atoms with Crippen LogP contribution in [0.4, 0.5) is 0 Å². The Morgan fingerprint density at radius 2 is 1.91 bits per heavy atom. The van der Waals surface area contributed by atoms with Gasteiger partial charge in [0.25, 0.3) is 5.91 Å². The summed E-state index contributed by atoms with van der Waals surface area (Å²) in [4.78, 5) is 41.0. The maximum atomic E-state index is 13.3. The normalized spacial score (nSPS) is 22.5. The van der Waals surface area contributed by atoms with Crippen LogP contribution in [0.25, 0.3) is 5.78 Å². The fourth-order valence-electron chi connectivity index (χ4n) is 5.81. The smallest absolute Gasteiger partial charge is 0.270 e. The van der Waals surface area contributed by atoms with Crippen LogP contribution < -0.4 is 5.32 Å². The summed E-state index contributed by atoms with van der Waals surface area (Å²) >= 11 is 0. The molecule has 2 fully saturated rings. The lowest BCUT2D eigenvalue weighted by molar-refractivity contribution is -0.151. The molecule has 3 aromatic heterocycles. The highest BCUT2D eigenvalue weighted by Crippen LogP contribution is 2.47. The first-order valence-corrected chi connectivity index (χ1v) is 11.4. The van der Waals surface area contributed by atoms with Crippen molar-refractivity contribution in [2.45, 2.75) is 50.1 Å². The van der Waals surface area contributed by atoms with E-state index in [-0.39, 0.29) is 23.4 Å². The van der Waals surface area contributed by atoms with Crippen molar-refractivity contribution in [3.8, 4) is 6.07 Å². The van der Waals surface area contributed by atoms with E-state index in [0.717, 1.165) is 25.1 Å². The minimum absolute atomic E-state index is 0.0392. The number of hydrogen-bond donors (Lipinski definition) is 1. The number of nitrogens with zero attached hydrogens (tertiary/aromatic N) is 7. The summed E-state index contributed by atoms with van der Waals surface area (Å²) in [6.07, 6.45) is 13.4. The van der Waals surface area contributed by atoms with Crippen molar-refractivity contribution >= 4 is 17.6 Å². The van der Waals surface area contributed by atoms with Gasteiger partial charge in [-0.1, -0.05) is 19.3 Å². The van der Waals surface area contributed by atoms with Crippen LogP contribution in [0, 0.1) is 16.7 Å². The Kier molecular flexibility index (Phi) is 4.30. The molecule has 1 atom stereocenters. The predicted octanol–water partition coefficient (Wildman–Crippen LogP) is 1.81. The Bertz CT molecular complexity index is 1290. The number of likely N-dealkylation sites (tertiary alicyclic amines) is 1. The number of nitriles is 1. The monoisotopic (exact) mass is 444 g/mol. The van der Waals surface area contributed by atoms with Gasteiger partial charge in [-0.25, -0.2) is 15.0 Å². The largest absolute Gasteiger partial charge is 0.341 e. The number of hydrogen-bond acceptors (Lipinski definition) is 6. The molecule has 6 rings (SSSR count). The van der Waals surface area contributed by atoms with E-state index >= 15 is 0 Å². The first kappa shape index (κ1) is 19.9. The van der Waals surface area contributed by atoms with Crippen LogP contribution in [0.15, 0.2) is 37.1 Å². The van der Waals surface area contributed by atoms with Crippen molar-refractivity contribution in [3.63, 3.8) is 0 Å². The van der Waals surface area contributed by atoms with Crippen LogP contribution in [0.3, 0.4) is 0 Å². The lowest BCUT2D eigenvalue weighted by Gasteiger charge is -2.51. The third-order valence-corrected chi connectivity index (χ3v) is 7.49. The molecular formula is C23H24N8O2.